The molecule has 2 fully saturated rings. The average Bonchev–Trinajstić information content (AvgIpc) is 3.40. The largest absolute Gasteiger partial charge is 0.417 e. The first kappa shape index (κ1) is 20.4. The quantitative estimate of drug-likeness (QED) is 0.657. The number of amides is 1. The second-order valence-corrected chi connectivity index (χ2v) is 8.16. The van der Waals surface area contributed by atoms with Gasteiger partial charge in [-0.05, 0) is 30.9 Å². The molecule has 2 bridgehead atoms. The Kier molecular flexibility index (Phi) is 5.03. The lowest BCUT2D eigenvalue weighted by Gasteiger charge is -2.34. The zero-order valence-corrected chi connectivity index (χ0v) is 17.0. The summed E-state index contributed by atoms with van der Waals surface area (Å²) in [4.78, 5) is 27.9. The zero-order chi connectivity index (χ0) is 22.3. The molecule has 32 heavy (non-hydrogen) atoms. The number of likely N-dealkylation sites (tertiary alicyclic amines) is 1. The number of hydrogen-bond donors (Lipinski definition) is 1. The van der Waals surface area contributed by atoms with Crippen molar-refractivity contribution >= 4 is 11.7 Å². The predicted octanol–water partition coefficient (Wildman–Crippen LogP) is 4.27. The summed E-state index contributed by atoms with van der Waals surface area (Å²) in [6.45, 7) is 0.632. The summed E-state index contributed by atoms with van der Waals surface area (Å²) in [6, 6.07) is 11.6. The normalized spacial score (nSPS) is 22.2. The number of carbonyl (C=O) groups is 1. The van der Waals surface area contributed by atoms with Crippen LogP contribution in [0.25, 0.3) is 11.3 Å². The van der Waals surface area contributed by atoms with Crippen LogP contribution in [-0.2, 0) is 6.18 Å². The smallest absolute Gasteiger partial charge is 0.365 e. The van der Waals surface area contributed by atoms with Crippen molar-refractivity contribution in [2.24, 2.45) is 5.92 Å². The molecule has 164 valence electrons. The Hall–Kier alpha value is -3.49. The number of piperidine rings is 1. The minimum absolute atomic E-state index is 0.0813. The van der Waals surface area contributed by atoms with Crippen LogP contribution in [0.4, 0.5) is 19.0 Å². The highest BCUT2D eigenvalue weighted by Crippen LogP contribution is 2.40. The maximum atomic E-state index is 13.4. The maximum Gasteiger partial charge on any atom is 0.417 e. The minimum Gasteiger partial charge on any atom is -0.365 e. The summed E-state index contributed by atoms with van der Waals surface area (Å²) >= 11 is 0. The zero-order valence-electron chi connectivity index (χ0n) is 17.0. The van der Waals surface area contributed by atoms with Crippen LogP contribution in [0.3, 0.4) is 0 Å². The number of aromatic nitrogens is 3. The molecule has 5 rings (SSSR count). The lowest BCUT2D eigenvalue weighted by molar-refractivity contribution is -0.137. The van der Waals surface area contributed by atoms with Crippen molar-refractivity contribution in [2.75, 3.05) is 11.9 Å². The van der Waals surface area contributed by atoms with E-state index in [1.54, 1.807) is 6.20 Å². The van der Waals surface area contributed by atoms with Crippen LogP contribution < -0.4 is 5.32 Å². The van der Waals surface area contributed by atoms with E-state index in [0.29, 0.717) is 29.7 Å². The minimum atomic E-state index is -4.42. The molecule has 3 heterocycles. The van der Waals surface area contributed by atoms with E-state index in [1.807, 2.05) is 35.2 Å². The van der Waals surface area contributed by atoms with E-state index < -0.39 is 11.7 Å². The van der Waals surface area contributed by atoms with Crippen molar-refractivity contribution in [1.29, 1.82) is 0 Å². The number of nitrogens with one attached hydrogen (secondary N) is 1. The van der Waals surface area contributed by atoms with E-state index in [9.17, 15) is 18.0 Å². The molecule has 1 aliphatic heterocycles. The third kappa shape index (κ3) is 3.79. The van der Waals surface area contributed by atoms with Crippen LogP contribution in [0.2, 0.25) is 0 Å². The highest BCUT2D eigenvalue weighted by atomic mass is 19.4. The molecule has 0 radical (unpaired) electrons. The van der Waals surface area contributed by atoms with Crippen LogP contribution in [0.5, 0.6) is 0 Å². The van der Waals surface area contributed by atoms with E-state index in [2.05, 4.69) is 20.3 Å². The van der Waals surface area contributed by atoms with Crippen LogP contribution in [0.15, 0.2) is 61.1 Å². The van der Waals surface area contributed by atoms with Gasteiger partial charge in [0.1, 0.15) is 11.5 Å². The third-order valence-corrected chi connectivity index (χ3v) is 6.11. The van der Waals surface area contributed by atoms with Gasteiger partial charge in [0.15, 0.2) is 5.69 Å². The topological polar surface area (TPSA) is 71.0 Å². The lowest BCUT2D eigenvalue weighted by atomic mass is 10.0. The Balaban J connectivity index is 1.35. The number of halogens is 3. The van der Waals surface area contributed by atoms with E-state index in [-0.39, 0.29) is 18.0 Å². The molecule has 0 unspecified atom stereocenters. The fourth-order valence-electron chi connectivity index (χ4n) is 4.69. The summed E-state index contributed by atoms with van der Waals surface area (Å²) in [5.74, 6) is 0.511. The number of rotatable bonds is 4. The molecular weight excluding hydrogens is 419 g/mol. The highest BCUT2D eigenvalue weighted by Gasteiger charge is 2.47. The molecule has 2 aromatic heterocycles. The Morgan fingerprint density at radius 3 is 2.47 bits per heavy atom. The summed E-state index contributed by atoms with van der Waals surface area (Å²) < 4.78 is 38.4. The molecule has 3 aromatic rings. The number of fused-ring (bicyclic) bond motifs is 2. The third-order valence-electron chi connectivity index (χ3n) is 6.11. The Labute approximate surface area is 182 Å². The molecule has 1 aliphatic carbocycles. The molecule has 9 heteroatoms. The fourth-order valence-corrected chi connectivity index (χ4v) is 4.69. The van der Waals surface area contributed by atoms with E-state index in [1.165, 1.54) is 12.3 Å². The summed E-state index contributed by atoms with van der Waals surface area (Å²) in [5.41, 5.74) is 0.869. The van der Waals surface area contributed by atoms with Gasteiger partial charge in [-0.1, -0.05) is 30.3 Å². The molecule has 1 aromatic carbocycles. The summed E-state index contributed by atoms with van der Waals surface area (Å²) in [7, 11) is 0. The molecule has 1 N–H and O–H groups in total. The van der Waals surface area contributed by atoms with Crippen molar-refractivity contribution in [2.45, 2.75) is 31.1 Å². The van der Waals surface area contributed by atoms with Gasteiger partial charge in [0.25, 0.3) is 5.91 Å². The van der Waals surface area contributed by atoms with E-state index >= 15 is 0 Å². The number of hydrogen-bond acceptors (Lipinski definition) is 5. The molecule has 1 amide bonds. The molecule has 6 nitrogen and oxygen atoms in total. The lowest BCUT2D eigenvalue weighted by Crippen LogP contribution is -2.48. The van der Waals surface area contributed by atoms with E-state index in [0.717, 1.165) is 30.7 Å². The molecule has 3 atom stereocenters. The second-order valence-electron chi connectivity index (χ2n) is 8.16. The number of nitrogens with zero attached hydrogens (tertiary/aromatic N) is 4. The van der Waals surface area contributed by atoms with Crippen LogP contribution in [0, 0.1) is 5.92 Å². The molecule has 2 aliphatic rings. The van der Waals surface area contributed by atoms with Crippen molar-refractivity contribution in [1.82, 2.24) is 19.9 Å². The van der Waals surface area contributed by atoms with Gasteiger partial charge in [0.05, 0.1) is 11.6 Å². The van der Waals surface area contributed by atoms with Gasteiger partial charge in [-0.2, -0.15) is 13.2 Å². The van der Waals surface area contributed by atoms with Crippen molar-refractivity contribution in [3.8, 4) is 11.3 Å². The number of carbonyl (C=O) groups excluding carboxylic acids is 1. The first-order chi connectivity index (χ1) is 15.4. The number of anilines is 1. The predicted molar refractivity (Wildman–Crippen MR) is 112 cm³/mol. The standard InChI is InChI=1S/C23H20F3N5O/c24-23(25,26)16-6-7-19(29-12-16)30-17-10-14-11-18(17)31(13-14)22(32)21-20(27-8-9-28-21)15-4-2-1-3-5-15/h1-9,12,14,17-18H,10-11,13H2,(H,29,30)/t14-,17+,18-/m0/s1. The van der Waals surface area contributed by atoms with Gasteiger partial charge in [-0.3, -0.25) is 9.78 Å². The number of benzene rings is 1. The van der Waals surface area contributed by atoms with Crippen LogP contribution in [-0.4, -0.2) is 44.4 Å². The van der Waals surface area contributed by atoms with Crippen LogP contribution >= 0.6 is 0 Å². The maximum absolute atomic E-state index is 13.4. The fraction of sp³-hybridized carbons (Fsp3) is 0.304. The van der Waals surface area contributed by atoms with E-state index in [4.69, 9.17) is 0 Å². The van der Waals surface area contributed by atoms with Gasteiger partial charge in [-0.25, -0.2) is 9.97 Å². The second kappa shape index (κ2) is 7.89. The SMILES string of the molecule is O=C(c1nccnc1-c1ccccc1)N1C[C@H]2C[C@@H](Nc3ccc(C(F)(F)F)cn3)[C@@H]1C2. The molecule has 1 saturated heterocycles. The van der Waals surface area contributed by atoms with Gasteiger partial charge in [0.2, 0.25) is 0 Å². The Morgan fingerprint density at radius 1 is 1.00 bits per heavy atom. The highest BCUT2D eigenvalue weighted by molar-refractivity contribution is 5.98. The first-order valence-corrected chi connectivity index (χ1v) is 10.4. The Morgan fingerprint density at radius 2 is 1.78 bits per heavy atom. The van der Waals surface area contributed by atoms with Crippen molar-refractivity contribution < 1.29 is 18.0 Å². The molecule has 0 spiro atoms. The van der Waals surface area contributed by atoms with Gasteiger partial charge in [-0.15, -0.1) is 0 Å². The molecule has 1 saturated carbocycles. The first-order valence-electron chi connectivity index (χ1n) is 10.4. The molecular formula is C23H20F3N5O. The van der Waals surface area contributed by atoms with Gasteiger partial charge >= 0.3 is 6.18 Å². The monoisotopic (exact) mass is 439 g/mol. The van der Waals surface area contributed by atoms with Crippen molar-refractivity contribution in [3.05, 3.63) is 72.3 Å². The summed E-state index contributed by atoms with van der Waals surface area (Å²) in [5, 5.41) is 3.23. The number of pyridine rings is 1. The number of alkyl halides is 3. The van der Waals surface area contributed by atoms with Gasteiger partial charge in [0, 0.05) is 36.7 Å². The van der Waals surface area contributed by atoms with Crippen molar-refractivity contribution in [3.63, 3.8) is 0 Å². The average molecular weight is 439 g/mol. The van der Waals surface area contributed by atoms with Crippen LogP contribution in [0.1, 0.15) is 28.9 Å². The summed E-state index contributed by atoms with van der Waals surface area (Å²) in [6.07, 6.45) is 1.15. The van der Waals surface area contributed by atoms with Gasteiger partial charge < -0.3 is 10.2 Å². The Bertz CT molecular complexity index is 1120.